The molecule has 1 aliphatic carbocycles. The molecule has 0 unspecified atom stereocenters. The number of nitrogens with zero attached hydrogens (tertiary/aromatic N) is 3. The van der Waals surface area contributed by atoms with Crippen LogP contribution in [0.3, 0.4) is 0 Å². The molecule has 1 fully saturated rings. The lowest BCUT2D eigenvalue weighted by atomic mass is 9.88. The van der Waals surface area contributed by atoms with Crippen LogP contribution in [-0.4, -0.2) is 27.2 Å². The van der Waals surface area contributed by atoms with Crippen LogP contribution >= 0.6 is 0 Å². The second-order valence-corrected chi connectivity index (χ2v) is 5.55. The minimum Gasteiger partial charge on any atom is -0.378 e. The first-order chi connectivity index (χ1) is 10.3. The van der Waals surface area contributed by atoms with Crippen LogP contribution in [0.25, 0.3) is 21.9 Å². The monoisotopic (exact) mass is 282 g/mol. The quantitative estimate of drug-likeness (QED) is 0.802. The lowest BCUT2D eigenvalue weighted by Crippen LogP contribution is -2.33. The Hall–Kier alpha value is -2.14. The number of ether oxygens (including phenoxy) is 1. The number of aromatic nitrogens is 3. The van der Waals surface area contributed by atoms with E-state index in [1.165, 1.54) is 0 Å². The Balaban J connectivity index is 1.85. The number of rotatable bonds is 3. The zero-order valence-corrected chi connectivity index (χ0v) is 12.0. The number of benzene rings is 1. The predicted molar refractivity (Wildman–Crippen MR) is 83.1 cm³/mol. The van der Waals surface area contributed by atoms with Gasteiger partial charge in [-0.3, -0.25) is 4.98 Å². The number of fused-ring (bicyclic) bond motifs is 3. The van der Waals surface area contributed by atoms with E-state index in [2.05, 4.69) is 20.6 Å². The molecule has 4 rings (SSSR count). The van der Waals surface area contributed by atoms with Crippen LogP contribution in [0.15, 0.2) is 30.5 Å². The van der Waals surface area contributed by atoms with E-state index in [4.69, 9.17) is 10.5 Å². The summed E-state index contributed by atoms with van der Waals surface area (Å²) in [5.74, 6) is 0.572. The molecule has 1 aromatic carbocycles. The van der Waals surface area contributed by atoms with Crippen molar-refractivity contribution in [2.45, 2.75) is 31.9 Å². The number of pyridine rings is 1. The third-order valence-electron chi connectivity index (χ3n) is 4.29. The maximum absolute atomic E-state index is 6.16. The van der Waals surface area contributed by atoms with Gasteiger partial charge in [-0.25, -0.2) is 4.98 Å². The first-order valence-electron chi connectivity index (χ1n) is 7.40. The molecule has 1 aliphatic rings. The number of nitrogen functional groups attached to an aromatic ring is 1. The van der Waals surface area contributed by atoms with Gasteiger partial charge in [0.05, 0.1) is 23.3 Å². The molecule has 0 atom stereocenters. The average Bonchev–Trinajstić information content (AvgIpc) is 2.79. The van der Waals surface area contributed by atoms with E-state index in [9.17, 15) is 0 Å². The van der Waals surface area contributed by atoms with Crippen molar-refractivity contribution in [3.63, 3.8) is 0 Å². The smallest absolute Gasteiger partial charge is 0.201 e. The minimum atomic E-state index is 0.352. The van der Waals surface area contributed by atoms with Gasteiger partial charge in [-0.2, -0.15) is 0 Å². The van der Waals surface area contributed by atoms with Gasteiger partial charge in [0.25, 0.3) is 0 Å². The molecule has 0 amide bonds. The fourth-order valence-corrected chi connectivity index (χ4v) is 3.23. The standard InChI is InChI=1S/C16H18N4O/c1-2-21-11-7-10(8-11)20-15-12-5-3-4-6-13(12)18-9-14(15)19-16(20)17/h3-6,9-11H,2,7-8H2,1H3,(H2,17,19). The molecule has 0 bridgehead atoms. The van der Waals surface area contributed by atoms with E-state index < -0.39 is 0 Å². The van der Waals surface area contributed by atoms with Crippen molar-refractivity contribution in [1.29, 1.82) is 0 Å². The van der Waals surface area contributed by atoms with Gasteiger partial charge in [0.2, 0.25) is 5.95 Å². The second kappa shape index (κ2) is 4.70. The van der Waals surface area contributed by atoms with Gasteiger partial charge in [0.1, 0.15) is 5.52 Å². The Kier molecular flexibility index (Phi) is 2.82. The van der Waals surface area contributed by atoms with Crippen LogP contribution < -0.4 is 5.73 Å². The molecule has 21 heavy (non-hydrogen) atoms. The Morgan fingerprint density at radius 3 is 2.90 bits per heavy atom. The first kappa shape index (κ1) is 12.6. The summed E-state index contributed by atoms with van der Waals surface area (Å²) in [6.07, 6.45) is 4.16. The van der Waals surface area contributed by atoms with Crippen molar-refractivity contribution in [3.8, 4) is 0 Å². The predicted octanol–water partition coefficient (Wildman–Crippen LogP) is 2.91. The van der Waals surface area contributed by atoms with E-state index in [1.54, 1.807) is 0 Å². The van der Waals surface area contributed by atoms with Crippen LogP contribution in [0.5, 0.6) is 0 Å². The number of hydrogen-bond acceptors (Lipinski definition) is 4. The highest BCUT2D eigenvalue weighted by molar-refractivity contribution is 6.03. The van der Waals surface area contributed by atoms with Gasteiger partial charge in [-0.1, -0.05) is 18.2 Å². The molecule has 5 nitrogen and oxygen atoms in total. The Morgan fingerprint density at radius 2 is 2.10 bits per heavy atom. The molecule has 0 aliphatic heterocycles. The third kappa shape index (κ3) is 1.88. The number of para-hydroxylation sites is 1. The molecule has 2 aromatic heterocycles. The van der Waals surface area contributed by atoms with Crippen molar-refractivity contribution in [3.05, 3.63) is 30.5 Å². The summed E-state index contributed by atoms with van der Waals surface area (Å²) < 4.78 is 7.82. The molecule has 0 radical (unpaired) electrons. The summed E-state index contributed by atoms with van der Waals surface area (Å²) in [5, 5.41) is 1.11. The molecule has 5 heteroatoms. The van der Waals surface area contributed by atoms with Gasteiger partial charge < -0.3 is 15.0 Å². The molecule has 3 aromatic rings. The van der Waals surface area contributed by atoms with Gasteiger partial charge in [0.15, 0.2) is 0 Å². The molecule has 2 N–H and O–H groups in total. The fourth-order valence-electron chi connectivity index (χ4n) is 3.23. The number of nitrogens with two attached hydrogens (primary N) is 1. The highest BCUT2D eigenvalue weighted by Crippen LogP contribution is 2.39. The van der Waals surface area contributed by atoms with Crippen LogP contribution in [0.2, 0.25) is 0 Å². The minimum absolute atomic E-state index is 0.352. The molecule has 1 saturated carbocycles. The number of anilines is 1. The lowest BCUT2D eigenvalue weighted by molar-refractivity contribution is -0.0181. The third-order valence-corrected chi connectivity index (χ3v) is 4.29. The largest absolute Gasteiger partial charge is 0.378 e. The van der Waals surface area contributed by atoms with E-state index in [0.717, 1.165) is 41.4 Å². The summed E-state index contributed by atoms with van der Waals surface area (Å²) in [6.45, 7) is 2.80. The molecule has 2 heterocycles. The molecule has 0 saturated heterocycles. The molecule has 0 spiro atoms. The summed E-state index contributed by atoms with van der Waals surface area (Å²) in [6, 6.07) is 8.50. The Bertz CT molecular complexity index is 804. The summed E-state index contributed by atoms with van der Waals surface area (Å²) >= 11 is 0. The molecular weight excluding hydrogens is 264 g/mol. The summed E-state index contributed by atoms with van der Waals surface area (Å²) in [7, 11) is 0. The van der Waals surface area contributed by atoms with E-state index >= 15 is 0 Å². The Labute approximate surface area is 122 Å². The molecule has 108 valence electrons. The highest BCUT2D eigenvalue weighted by Gasteiger charge is 2.33. The summed E-state index contributed by atoms with van der Waals surface area (Å²) in [4.78, 5) is 8.93. The molecular formula is C16H18N4O. The van der Waals surface area contributed by atoms with Crippen LogP contribution in [-0.2, 0) is 4.74 Å². The van der Waals surface area contributed by atoms with E-state index in [0.29, 0.717) is 18.1 Å². The van der Waals surface area contributed by atoms with Crippen LogP contribution in [0.4, 0.5) is 5.95 Å². The van der Waals surface area contributed by atoms with Gasteiger partial charge >= 0.3 is 0 Å². The topological polar surface area (TPSA) is 66.0 Å². The normalized spacial score (nSPS) is 21.8. The van der Waals surface area contributed by atoms with Gasteiger partial charge in [-0.15, -0.1) is 0 Å². The fraction of sp³-hybridized carbons (Fsp3) is 0.375. The second-order valence-electron chi connectivity index (χ2n) is 5.55. The van der Waals surface area contributed by atoms with Crippen molar-refractivity contribution in [1.82, 2.24) is 14.5 Å². The van der Waals surface area contributed by atoms with Gasteiger partial charge in [0, 0.05) is 18.0 Å². The Morgan fingerprint density at radius 1 is 1.29 bits per heavy atom. The zero-order chi connectivity index (χ0) is 14.4. The van der Waals surface area contributed by atoms with Crippen molar-refractivity contribution >= 4 is 27.9 Å². The van der Waals surface area contributed by atoms with Gasteiger partial charge in [-0.05, 0) is 25.8 Å². The maximum Gasteiger partial charge on any atom is 0.201 e. The number of hydrogen-bond donors (Lipinski definition) is 1. The van der Waals surface area contributed by atoms with Crippen molar-refractivity contribution in [2.75, 3.05) is 12.3 Å². The first-order valence-corrected chi connectivity index (χ1v) is 7.40. The van der Waals surface area contributed by atoms with Crippen LogP contribution in [0, 0.1) is 0 Å². The van der Waals surface area contributed by atoms with Crippen LogP contribution in [0.1, 0.15) is 25.8 Å². The number of imidazole rings is 1. The maximum atomic E-state index is 6.16. The van der Waals surface area contributed by atoms with E-state index in [-0.39, 0.29) is 0 Å². The average molecular weight is 282 g/mol. The van der Waals surface area contributed by atoms with Crippen molar-refractivity contribution < 1.29 is 4.74 Å². The van der Waals surface area contributed by atoms with Crippen molar-refractivity contribution in [2.24, 2.45) is 0 Å². The van der Waals surface area contributed by atoms with E-state index in [1.807, 2.05) is 31.3 Å². The highest BCUT2D eigenvalue weighted by atomic mass is 16.5. The summed E-state index contributed by atoms with van der Waals surface area (Å²) in [5.41, 5.74) is 9.10. The zero-order valence-electron chi connectivity index (χ0n) is 12.0. The SMILES string of the molecule is CCOC1CC(n2c(N)nc3cnc4ccccc4c32)C1. The lowest BCUT2D eigenvalue weighted by Gasteiger charge is -2.36.